The van der Waals surface area contributed by atoms with Gasteiger partial charge >= 0.3 is 6.03 Å². The molecule has 1 fully saturated rings. The Morgan fingerprint density at radius 3 is 2.77 bits per heavy atom. The summed E-state index contributed by atoms with van der Waals surface area (Å²) in [6.07, 6.45) is 4.55. The highest BCUT2D eigenvalue weighted by molar-refractivity contribution is 7.21. The zero-order valence-electron chi connectivity index (χ0n) is 23.5. The minimum atomic E-state index is -0.385. The Balaban J connectivity index is 1.25. The molecule has 1 atom stereocenters. The first kappa shape index (κ1) is 28.4. The summed E-state index contributed by atoms with van der Waals surface area (Å²) in [5.41, 5.74) is 8.18. The largest absolute Gasteiger partial charge is 0.457 e. The second kappa shape index (κ2) is 11.9. The smallest absolute Gasteiger partial charge is 0.331 e. The molecule has 1 unspecified atom stereocenters. The fourth-order valence-corrected chi connectivity index (χ4v) is 6.50. The summed E-state index contributed by atoms with van der Waals surface area (Å²) in [6.45, 7) is 2.97. The van der Waals surface area contributed by atoms with Crippen LogP contribution in [0.3, 0.4) is 0 Å². The number of benzene rings is 2. The SMILES string of the molecule is [B]/C(=C\CN)C(=O)N1CCCC(NC(=O)c2sc3nccc4c3c2NC(=O)N4c2ccc(Oc3ccccc3)cc2C)C1. The molecule has 6 rings (SSSR count). The summed E-state index contributed by atoms with van der Waals surface area (Å²) in [5.74, 6) is 0.745. The number of aryl methyl sites for hydroxylation is 1. The minimum absolute atomic E-state index is 0.0999. The summed E-state index contributed by atoms with van der Waals surface area (Å²) in [7, 11) is 5.86. The van der Waals surface area contributed by atoms with Crippen LogP contribution in [0.4, 0.5) is 21.9 Å². The number of hydrogen-bond acceptors (Lipinski definition) is 7. The Morgan fingerprint density at radius 2 is 2.00 bits per heavy atom. The van der Waals surface area contributed by atoms with Gasteiger partial charge in [-0.25, -0.2) is 9.78 Å². The van der Waals surface area contributed by atoms with E-state index in [1.54, 1.807) is 22.1 Å². The molecule has 0 bridgehead atoms. The van der Waals surface area contributed by atoms with E-state index in [-0.39, 0.29) is 35.9 Å². The number of hydrogen-bond donors (Lipinski definition) is 3. The fraction of sp³-hybridized carbons (Fsp3) is 0.226. The number of urea groups is 1. The van der Waals surface area contributed by atoms with Crippen LogP contribution in [0.25, 0.3) is 10.2 Å². The molecule has 1 saturated heterocycles. The number of nitrogens with one attached hydrogen (secondary N) is 2. The molecule has 2 aliphatic rings. The molecule has 12 heteroatoms. The van der Waals surface area contributed by atoms with Gasteiger partial charge in [0.25, 0.3) is 5.91 Å². The third-order valence-corrected chi connectivity index (χ3v) is 8.57. The normalized spacial score (nSPS) is 16.7. The molecule has 43 heavy (non-hydrogen) atoms. The van der Waals surface area contributed by atoms with Crippen molar-refractivity contribution in [1.29, 1.82) is 0 Å². The number of pyridine rings is 1. The number of anilines is 3. The van der Waals surface area contributed by atoms with E-state index in [1.165, 1.54) is 17.4 Å². The predicted molar refractivity (Wildman–Crippen MR) is 168 cm³/mol. The number of carbonyl (C=O) groups is 3. The third kappa shape index (κ3) is 5.58. The maximum atomic E-state index is 13.6. The van der Waals surface area contributed by atoms with Crippen LogP contribution in [-0.2, 0) is 4.79 Å². The van der Waals surface area contributed by atoms with Gasteiger partial charge in [-0.05, 0) is 67.2 Å². The number of nitrogens with zero attached hydrogens (tertiary/aromatic N) is 3. The maximum absolute atomic E-state index is 13.6. The first-order chi connectivity index (χ1) is 20.8. The molecule has 216 valence electrons. The van der Waals surface area contributed by atoms with E-state index in [9.17, 15) is 14.4 Å². The maximum Gasteiger partial charge on any atom is 0.331 e. The van der Waals surface area contributed by atoms with Crippen molar-refractivity contribution < 1.29 is 19.1 Å². The van der Waals surface area contributed by atoms with Crippen molar-refractivity contribution in [3.05, 3.63) is 82.8 Å². The van der Waals surface area contributed by atoms with Crippen LogP contribution >= 0.6 is 11.3 Å². The second-order valence-corrected chi connectivity index (χ2v) is 11.4. The monoisotopic (exact) mass is 592 g/mol. The number of aromatic nitrogens is 1. The van der Waals surface area contributed by atoms with Gasteiger partial charge in [-0.1, -0.05) is 24.3 Å². The van der Waals surface area contributed by atoms with Crippen LogP contribution in [0.15, 0.2) is 72.3 Å². The number of ether oxygens (including phenoxy) is 1. The zero-order chi connectivity index (χ0) is 30.1. The van der Waals surface area contributed by atoms with Crippen molar-refractivity contribution >= 4 is 64.3 Å². The van der Waals surface area contributed by atoms with Crippen LogP contribution < -0.4 is 26.0 Å². The first-order valence-corrected chi connectivity index (χ1v) is 14.8. The molecule has 0 aliphatic carbocycles. The Labute approximate surface area is 253 Å². The van der Waals surface area contributed by atoms with Gasteiger partial charge in [0.15, 0.2) is 0 Å². The van der Waals surface area contributed by atoms with Crippen molar-refractivity contribution in [2.75, 3.05) is 29.9 Å². The number of nitrogens with two attached hydrogens (primary N) is 1. The molecule has 2 aromatic heterocycles. The quantitative estimate of drug-likeness (QED) is 0.209. The highest BCUT2D eigenvalue weighted by Gasteiger charge is 2.34. The van der Waals surface area contributed by atoms with Crippen molar-refractivity contribution in [3.63, 3.8) is 0 Å². The van der Waals surface area contributed by atoms with E-state index in [0.717, 1.165) is 17.7 Å². The summed E-state index contributed by atoms with van der Waals surface area (Å²) in [4.78, 5) is 48.5. The molecule has 4 aromatic rings. The standard InChI is InChI=1S/C31H29BN6O4S/c1-18-16-21(42-20-7-3-2-4-8-20)9-10-23(18)38-24-12-14-34-29-25(24)26(36-31(38)41)27(43-29)28(39)35-19-6-5-15-37(17-19)30(40)22(32)11-13-33/h2-4,7-12,14,16,19H,5-6,13,15,17,33H2,1H3,(H,35,39)(H,36,41)/b22-11-. The topological polar surface area (TPSA) is 130 Å². The number of likely N-dealkylation sites (tertiary alicyclic amines) is 1. The number of piperidine rings is 1. The third-order valence-electron chi connectivity index (χ3n) is 7.47. The molecule has 4 N–H and O–H groups in total. The fourth-order valence-electron chi connectivity index (χ4n) is 5.48. The lowest BCUT2D eigenvalue weighted by Gasteiger charge is -2.33. The Hall–Kier alpha value is -4.68. The Kier molecular flexibility index (Phi) is 7.87. The van der Waals surface area contributed by atoms with E-state index >= 15 is 0 Å². The number of carbonyl (C=O) groups excluding carboxylic acids is 3. The van der Waals surface area contributed by atoms with Gasteiger partial charge in [0.1, 0.15) is 29.1 Å². The lowest BCUT2D eigenvalue weighted by molar-refractivity contribution is -0.127. The second-order valence-electron chi connectivity index (χ2n) is 10.4. The van der Waals surface area contributed by atoms with E-state index in [1.807, 2.05) is 55.5 Å². The summed E-state index contributed by atoms with van der Waals surface area (Å²) in [6, 6.07) is 16.1. The number of para-hydroxylation sites is 1. The average Bonchev–Trinajstić information content (AvgIpc) is 3.38. The van der Waals surface area contributed by atoms with Gasteiger partial charge in [-0.3, -0.25) is 14.5 Å². The average molecular weight is 592 g/mol. The van der Waals surface area contributed by atoms with Crippen LogP contribution in [0.2, 0.25) is 0 Å². The molecule has 10 nitrogen and oxygen atoms in total. The van der Waals surface area contributed by atoms with Crippen LogP contribution in [0.5, 0.6) is 11.5 Å². The summed E-state index contributed by atoms with van der Waals surface area (Å²) >= 11 is 1.22. The van der Waals surface area contributed by atoms with Gasteiger partial charge in [0.2, 0.25) is 5.91 Å². The Bertz CT molecular complexity index is 1760. The van der Waals surface area contributed by atoms with E-state index in [2.05, 4.69) is 15.6 Å². The lowest BCUT2D eigenvalue weighted by atomic mass is 9.92. The Morgan fingerprint density at radius 1 is 1.19 bits per heavy atom. The number of amides is 4. The molecular formula is C31H29BN6O4S. The van der Waals surface area contributed by atoms with Gasteiger partial charge in [-0.15, -0.1) is 11.3 Å². The zero-order valence-corrected chi connectivity index (χ0v) is 24.3. The number of rotatable bonds is 7. The summed E-state index contributed by atoms with van der Waals surface area (Å²) in [5, 5.41) is 6.69. The number of thiophene rings is 1. The molecule has 4 amide bonds. The van der Waals surface area contributed by atoms with Crippen molar-refractivity contribution in [2.24, 2.45) is 5.73 Å². The van der Waals surface area contributed by atoms with Crippen molar-refractivity contribution in [2.45, 2.75) is 25.8 Å². The molecule has 4 heterocycles. The van der Waals surface area contributed by atoms with Crippen molar-refractivity contribution in [1.82, 2.24) is 15.2 Å². The summed E-state index contributed by atoms with van der Waals surface area (Å²) < 4.78 is 5.97. The highest BCUT2D eigenvalue weighted by Crippen LogP contribution is 2.46. The van der Waals surface area contributed by atoms with Gasteiger partial charge < -0.3 is 26.0 Å². The minimum Gasteiger partial charge on any atom is -0.457 e. The highest BCUT2D eigenvalue weighted by atomic mass is 32.1. The van der Waals surface area contributed by atoms with Crippen molar-refractivity contribution in [3.8, 4) is 11.5 Å². The first-order valence-electron chi connectivity index (χ1n) is 14.0. The van der Waals surface area contributed by atoms with E-state index < -0.39 is 0 Å². The molecule has 2 aliphatic heterocycles. The molecule has 2 radical (unpaired) electrons. The van der Waals surface area contributed by atoms with E-state index in [4.69, 9.17) is 18.3 Å². The van der Waals surface area contributed by atoms with Crippen LogP contribution in [0, 0.1) is 6.92 Å². The molecule has 0 spiro atoms. The van der Waals surface area contributed by atoms with Gasteiger partial charge in [0, 0.05) is 31.9 Å². The van der Waals surface area contributed by atoms with Crippen LogP contribution in [-0.4, -0.2) is 61.3 Å². The van der Waals surface area contributed by atoms with Crippen LogP contribution in [0.1, 0.15) is 28.1 Å². The molecule has 2 aromatic carbocycles. The lowest BCUT2D eigenvalue weighted by Crippen LogP contribution is -2.50. The van der Waals surface area contributed by atoms with E-state index in [0.29, 0.717) is 57.4 Å². The predicted octanol–water partition coefficient (Wildman–Crippen LogP) is 4.81. The molecular weight excluding hydrogens is 563 g/mol. The molecule has 0 saturated carbocycles. The van der Waals surface area contributed by atoms with Gasteiger partial charge in [0.05, 0.1) is 22.4 Å². The van der Waals surface area contributed by atoms with Gasteiger partial charge in [-0.2, -0.15) is 0 Å².